The molecule has 116 valence electrons. The van der Waals surface area contributed by atoms with Crippen molar-refractivity contribution in [1.82, 2.24) is 10.2 Å². The van der Waals surface area contributed by atoms with Crippen molar-refractivity contribution in [3.63, 3.8) is 0 Å². The molecule has 4 heteroatoms. The lowest BCUT2D eigenvalue weighted by atomic mass is 9.96. The number of hydrogen-bond acceptors (Lipinski definition) is 2. The Morgan fingerprint density at radius 1 is 1.10 bits per heavy atom. The average Bonchev–Trinajstić information content (AvgIpc) is 2.42. The topological polar surface area (TPSA) is 15.3 Å². The van der Waals surface area contributed by atoms with Gasteiger partial charge in [-0.15, -0.1) is 0 Å². The Hall–Kier alpha value is -0.280. The third kappa shape index (κ3) is 6.94. The van der Waals surface area contributed by atoms with Crippen molar-refractivity contribution in [3.05, 3.63) is 35.9 Å². The summed E-state index contributed by atoms with van der Waals surface area (Å²) in [4.78, 5) is 2.59. The van der Waals surface area contributed by atoms with E-state index >= 15 is 0 Å². The number of piperidine rings is 1. The zero-order valence-corrected chi connectivity index (χ0v) is 13.8. The lowest BCUT2D eigenvalue weighted by molar-refractivity contribution is -0.00100. The number of benzene rings is 1. The minimum absolute atomic E-state index is 0. The standard InChI is InChI=1S/C16H26N2.2ClH/c1-2-10-17-13-15-8-11-18(12-9-15)14-16-6-4-3-5-7-16;;/h3-7,15,17H,2,8-14H2,1H3;2*1H/p-2. The Balaban J connectivity index is 0.00000180. The smallest absolute Gasteiger partial charge is 0.0233 e. The molecule has 2 rings (SSSR count). The molecule has 0 atom stereocenters. The number of likely N-dealkylation sites (tertiary alicyclic amines) is 1. The molecule has 1 aromatic carbocycles. The van der Waals surface area contributed by atoms with Crippen LogP contribution in [0.3, 0.4) is 0 Å². The molecule has 0 spiro atoms. The molecule has 0 aromatic heterocycles. The summed E-state index contributed by atoms with van der Waals surface area (Å²) in [5, 5.41) is 3.55. The van der Waals surface area contributed by atoms with Gasteiger partial charge in [0.05, 0.1) is 0 Å². The third-order valence-electron chi connectivity index (χ3n) is 3.82. The van der Waals surface area contributed by atoms with Crippen LogP contribution in [0.1, 0.15) is 31.7 Å². The average molecular weight is 317 g/mol. The van der Waals surface area contributed by atoms with Gasteiger partial charge in [0.1, 0.15) is 0 Å². The predicted molar refractivity (Wildman–Crippen MR) is 77.6 cm³/mol. The first kappa shape index (κ1) is 19.7. The van der Waals surface area contributed by atoms with Crippen LogP contribution in [0.4, 0.5) is 0 Å². The highest BCUT2D eigenvalue weighted by Gasteiger charge is 2.18. The number of rotatable bonds is 6. The summed E-state index contributed by atoms with van der Waals surface area (Å²) in [6.07, 6.45) is 3.94. The van der Waals surface area contributed by atoms with Crippen molar-refractivity contribution in [3.8, 4) is 0 Å². The first-order chi connectivity index (χ1) is 8.88. The molecule has 1 fully saturated rings. The van der Waals surface area contributed by atoms with Gasteiger partial charge in [-0.2, -0.15) is 0 Å². The second kappa shape index (κ2) is 11.4. The van der Waals surface area contributed by atoms with Crippen molar-refractivity contribution >= 4 is 0 Å². The Morgan fingerprint density at radius 2 is 1.75 bits per heavy atom. The molecule has 2 nitrogen and oxygen atoms in total. The van der Waals surface area contributed by atoms with E-state index in [1.54, 1.807) is 0 Å². The highest BCUT2D eigenvalue weighted by molar-refractivity contribution is 5.14. The third-order valence-corrected chi connectivity index (χ3v) is 3.82. The van der Waals surface area contributed by atoms with Crippen LogP contribution in [0.2, 0.25) is 0 Å². The Bertz CT molecular complexity index is 325. The van der Waals surface area contributed by atoms with Gasteiger partial charge in [0.15, 0.2) is 0 Å². The molecule has 0 bridgehead atoms. The fourth-order valence-electron chi connectivity index (χ4n) is 2.67. The Labute approximate surface area is 136 Å². The summed E-state index contributed by atoms with van der Waals surface area (Å²) >= 11 is 0. The highest BCUT2D eigenvalue weighted by atomic mass is 35.5. The Kier molecular flexibility index (Phi) is 11.2. The quantitative estimate of drug-likeness (QED) is 0.560. The van der Waals surface area contributed by atoms with Gasteiger partial charge in [0.25, 0.3) is 0 Å². The van der Waals surface area contributed by atoms with E-state index in [0.29, 0.717) is 0 Å². The molecular formula is C16H26Cl2N2-2. The van der Waals surface area contributed by atoms with Crippen molar-refractivity contribution in [2.75, 3.05) is 26.2 Å². The van der Waals surface area contributed by atoms with Crippen LogP contribution < -0.4 is 30.1 Å². The second-order valence-corrected chi connectivity index (χ2v) is 5.41. The second-order valence-electron chi connectivity index (χ2n) is 5.41. The SMILES string of the molecule is CCCNCC1CCN(Cc2ccccc2)CC1.[Cl-].[Cl-]. The molecule has 1 saturated heterocycles. The molecule has 1 heterocycles. The zero-order chi connectivity index (χ0) is 12.6. The minimum Gasteiger partial charge on any atom is -1.00 e. The van der Waals surface area contributed by atoms with Gasteiger partial charge in [-0.05, 0) is 56.9 Å². The molecule has 1 N–H and O–H groups in total. The van der Waals surface area contributed by atoms with E-state index in [9.17, 15) is 0 Å². The maximum absolute atomic E-state index is 3.55. The molecule has 0 aliphatic carbocycles. The van der Waals surface area contributed by atoms with Crippen LogP contribution in [0, 0.1) is 5.92 Å². The predicted octanol–water partition coefficient (Wildman–Crippen LogP) is -3.09. The summed E-state index contributed by atoms with van der Waals surface area (Å²) in [5.74, 6) is 0.892. The molecule has 1 aliphatic heterocycles. The maximum atomic E-state index is 3.55. The van der Waals surface area contributed by atoms with Crippen LogP contribution in [0.15, 0.2) is 30.3 Å². The van der Waals surface area contributed by atoms with Crippen molar-refractivity contribution in [2.45, 2.75) is 32.7 Å². The number of nitrogens with zero attached hydrogens (tertiary/aromatic N) is 1. The number of hydrogen-bond donors (Lipinski definition) is 1. The van der Waals surface area contributed by atoms with Gasteiger partial charge >= 0.3 is 0 Å². The van der Waals surface area contributed by atoms with E-state index in [0.717, 1.165) is 12.5 Å². The van der Waals surface area contributed by atoms with Gasteiger partial charge in [0, 0.05) is 6.54 Å². The van der Waals surface area contributed by atoms with E-state index in [1.165, 1.54) is 51.0 Å². The molecule has 0 amide bonds. The van der Waals surface area contributed by atoms with Crippen LogP contribution in [0.5, 0.6) is 0 Å². The van der Waals surface area contributed by atoms with Crippen molar-refractivity contribution in [2.24, 2.45) is 5.92 Å². The first-order valence-corrected chi connectivity index (χ1v) is 7.35. The zero-order valence-electron chi connectivity index (χ0n) is 12.3. The maximum Gasteiger partial charge on any atom is 0.0233 e. The molecule has 0 unspecified atom stereocenters. The largest absolute Gasteiger partial charge is 1.00 e. The normalized spacial score (nSPS) is 16.2. The van der Waals surface area contributed by atoms with Gasteiger partial charge in [-0.3, -0.25) is 4.90 Å². The first-order valence-electron chi connectivity index (χ1n) is 7.35. The van der Waals surface area contributed by atoms with Gasteiger partial charge in [0.2, 0.25) is 0 Å². The van der Waals surface area contributed by atoms with E-state index in [4.69, 9.17) is 0 Å². The van der Waals surface area contributed by atoms with Crippen molar-refractivity contribution in [1.29, 1.82) is 0 Å². The monoisotopic (exact) mass is 316 g/mol. The minimum atomic E-state index is 0. The van der Waals surface area contributed by atoms with E-state index in [1.807, 2.05) is 0 Å². The molecule has 0 radical (unpaired) electrons. The summed E-state index contributed by atoms with van der Waals surface area (Å²) in [7, 11) is 0. The van der Waals surface area contributed by atoms with Gasteiger partial charge in [-0.25, -0.2) is 0 Å². The highest BCUT2D eigenvalue weighted by Crippen LogP contribution is 2.18. The summed E-state index contributed by atoms with van der Waals surface area (Å²) in [5.41, 5.74) is 1.44. The van der Waals surface area contributed by atoms with Gasteiger partial charge < -0.3 is 30.1 Å². The number of nitrogens with one attached hydrogen (secondary N) is 1. The molecule has 20 heavy (non-hydrogen) atoms. The molecule has 1 aliphatic rings. The fraction of sp³-hybridized carbons (Fsp3) is 0.625. The Morgan fingerprint density at radius 3 is 2.35 bits per heavy atom. The van der Waals surface area contributed by atoms with Crippen molar-refractivity contribution < 1.29 is 24.8 Å². The summed E-state index contributed by atoms with van der Waals surface area (Å²) in [6.45, 7) is 8.25. The van der Waals surface area contributed by atoms with E-state index in [2.05, 4.69) is 47.5 Å². The summed E-state index contributed by atoms with van der Waals surface area (Å²) < 4.78 is 0. The van der Waals surface area contributed by atoms with E-state index < -0.39 is 0 Å². The lowest BCUT2D eigenvalue weighted by Crippen LogP contribution is -3.00. The van der Waals surface area contributed by atoms with Crippen LogP contribution in [0.25, 0.3) is 0 Å². The lowest BCUT2D eigenvalue weighted by Gasteiger charge is -2.32. The van der Waals surface area contributed by atoms with E-state index in [-0.39, 0.29) is 24.8 Å². The summed E-state index contributed by atoms with van der Waals surface area (Å²) in [6, 6.07) is 10.8. The van der Waals surface area contributed by atoms with Crippen LogP contribution in [-0.2, 0) is 6.54 Å². The number of halogens is 2. The fourth-order valence-corrected chi connectivity index (χ4v) is 2.67. The van der Waals surface area contributed by atoms with Crippen LogP contribution >= 0.6 is 0 Å². The molecule has 0 saturated carbocycles. The van der Waals surface area contributed by atoms with Crippen LogP contribution in [-0.4, -0.2) is 31.1 Å². The molecular weight excluding hydrogens is 291 g/mol. The van der Waals surface area contributed by atoms with Gasteiger partial charge in [-0.1, -0.05) is 37.3 Å². The molecule has 1 aromatic rings.